The molecule has 1 aromatic rings. The smallest absolute Gasteiger partial charge is 0.251 e. The molecule has 0 heterocycles. The van der Waals surface area contributed by atoms with E-state index in [1.807, 2.05) is 13.2 Å². The quantitative estimate of drug-likeness (QED) is 0.814. The van der Waals surface area contributed by atoms with E-state index in [-0.39, 0.29) is 11.6 Å². The molecule has 6 heteroatoms. The van der Waals surface area contributed by atoms with Gasteiger partial charge in [0.15, 0.2) is 0 Å². The molecular weight excluding hydrogens is 246 g/mol. The zero-order valence-electron chi connectivity index (χ0n) is 9.59. The number of carbonyl (C=O) groups is 1. The second kappa shape index (κ2) is 5.86. The average Bonchev–Trinajstić information content (AvgIpc) is 2.25. The minimum absolute atomic E-state index is 0.0675. The van der Waals surface area contributed by atoms with Gasteiger partial charge in [0.2, 0.25) is 0 Å². The molecule has 3 N–H and O–H groups in total. The first-order chi connectivity index (χ1) is 7.95. The Kier molecular flexibility index (Phi) is 4.74. The van der Waals surface area contributed by atoms with Crippen molar-refractivity contribution in [2.45, 2.75) is 13.0 Å². The van der Waals surface area contributed by atoms with E-state index in [0.717, 1.165) is 17.9 Å². The lowest BCUT2D eigenvalue weighted by atomic mass is 10.1. The van der Waals surface area contributed by atoms with Crippen LogP contribution in [0.3, 0.4) is 0 Å². The highest BCUT2D eigenvalue weighted by molar-refractivity contribution is 7.98. The van der Waals surface area contributed by atoms with Crippen LogP contribution in [0.2, 0.25) is 0 Å². The van der Waals surface area contributed by atoms with Crippen molar-refractivity contribution in [3.63, 3.8) is 0 Å². The Morgan fingerprint density at radius 1 is 1.47 bits per heavy atom. The molecule has 0 aliphatic heterocycles. The average molecular weight is 260 g/mol. The van der Waals surface area contributed by atoms with Crippen LogP contribution >= 0.6 is 11.8 Å². The van der Waals surface area contributed by atoms with Gasteiger partial charge >= 0.3 is 0 Å². The number of rotatable bonds is 4. The third kappa shape index (κ3) is 3.59. The summed E-state index contributed by atoms with van der Waals surface area (Å²) in [5.74, 6) is -1.63. The number of hydrogen-bond acceptors (Lipinski definition) is 3. The summed E-state index contributed by atoms with van der Waals surface area (Å²) in [5, 5.41) is 2.64. The first kappa shape index (κ1) is 13.8. The molecule has 1 amide bonds. The lowest BCUT2D eigenvalue weighted by Gasteiger charge is -2.12. The lowest BCUT2D eigenvalue weighted by molar-refractivity contribution is 0.0943. The number of amides is 1. The van der Waals surface area contributed by atoms with Gasteiger partial charge in [-0.25, -0.2) is 8.78 Å². The molecule has 0 aromatic heterocycles. The Labute approximate surface area is 103 Å². The predicted molar refractivity (Wildman–Crippen MR) is 66.1 cm³/mol. The Balaban J connectivity index is 2.83. The van der Waals surface area contributed by atoms with Gasteiger partial charge in [-0.05, 0) is 25.3 Å². The molecule has 0 saturated carbocycles. The van der Waals surface area contributed by atoms with Crippen LogP contribution in [0.15, 0.2) is 12.1 Å². The molecule has 0 radical (unpaired) electrons. The van der Waals surface area contributed by atoms with Crippen LogP contribution in [0, 0.1) is 11.6 Å². The van der Waals surface area contributed by atoms with Crippen molar-refractivity contribution < 1.29 is 13.6 Å². The molecule has 1 atom stereocenters. The van der Waals surface area contributed by atoms with E-state index in [1.165, 1.54) is 0 Å². The molecular formula is C11H14F2N2OS. The van der Waals surface area contributed by atoms with Crippen molar-refractivity contribution in [2.75, 3.05) is 17.7 Å². The van der Waals surface area contributed by atoms with E-state index < -0.39 is 23.2 Å². The minimum atomic E-state index is -0.923. The second-order valence-electron chi connectivity index (χ2n) is 3.68. The van der Waals surface area contributed by atoms with Gasteiger partial charge in [-0.15, -0.1) is 0 Å². The van der Waals surface area contributed by atoms with Gasteiger partial charge in [0, 0.05) is 17.4 Å². The van der Waals surface area contributed by atoms with Gasteiger partial charge in [-0.1, -0.05) is 0 Å². The normalized spacial score (nSPS) is 12.2. The Bertz CT molecular complexity index is 403. The molecule has 3 nitrogen and oxygen atoms in total. The first-order valence-corrected chi connectivity index (χ1v) is 6.39. The number of nitrogens with two attached hydrogens (primary N) is 1. The van der Waals surface area contributed by atoms with Gasteiger partial charge in [0.1, 0.15) is 17.3 Å². The van der Waals surface area contributed by atoms with E-state index >= 15 is 0 Å². The molecule has 0 aliphatic rings. The zero-order valence-corrected chi connectivity index (χ0v) is 10.4. The van der Waals surface area contributed by atoms with E-state index in [1.54, 1.807) is 11.8 Å². The molecule has 0 spiro atoms. The van der Waals surface area contributed by atoms with E-state index in [9.17, 15) is 13.6 Å². The van der Waals surface area contributed by atoms with Crippen molar-refractivity contribution in [2.24, 2.45) is 0 Å². The number of nitrogens with one attached hydrogen (secondary N) is 1. The van der Waals surface area contributed by atoms with Crippen molar-refractivity contribution in [1.29, 1.82) is 0 Å². The summed E-state index contributed by atoms with van der Waals surface area (Å²) in [5.41, 5.74) is 4.48. The summed E-state index contributed by atoms with van der Waals surface area (Å²) >= 11 is 1.57. The highest BCUT2D eigenvalue weighted by Crippen LogP contribution is 2.17. The SMILES string of the molecule is CSCC(C)NC(=O)c1cc(F)c(N)c(F)c1. The van der Waals surface area contributed by atoms with Gasteiger partial charge in [-0.2, -0.15) is 11.8 Å². The molecule has 94 valence electrons. The standard InChI is InChI=1S/C11H14F2N2OS/c1-6(5-17-2)15-11(16)7-3-8(12)10(14)9(13)4-7/h3-4,6H,5,14H2,1-2H3,(H,15,16). The Morgan fingerprint density at radius 3 is 2.47 bits per heavy atom. The van der Waals surface area contributed by atoms with Crippen molar-refractivity contribution in [1.82, 2.24) is 5.32 Å². The van der Waals surface area contributed by atoms with Gasteiger partial charge in [-0.3, -0.25) is 4.79 Å². The number of carbonyl (C=O) groups excluding carboxylic acids is 1. The zero-order chi connectivity index (χ0) is 13.0. The maximum atomic E-state index is 13.1. The van der Waals surface area contributed by atoms with E-state index in [2.05, 4.69) is 5.32 Å². The van der Waals surface area contributed by atoms with Crippen LogP contribution < -0.4 is 11.1 Å². The number of hydrogen-bond donors (Lipinski definition) is 2. The van der Waals surface area contributed by atoms with Crippen LogP contribution in [0.4, 0.5) is 14.5 Å². The van der Waals surface area contributed by atoms with Crippen LogP contribution in [0.25, 0.3) is 0 Å². The highest BCUT2D eigenvalue weighted by atomic mass is 32.2. The van der Waals surface area contributed by atoms with E-state index in [4.69, 9.17) is 5.73 Å². The maximum Gasteiger partial charge on any atom is 0.251 e. The number of halogens is 2. The summed E-state index contributed by atoms with van der Waals surface area (Å²) in [7, 11) is 0. The van der Waals surface area contributed by atoms with Gasteiger partial charge in [0.05, 0.1) is 0 Å². The number of nitrogen functional groups attached to an aromatic ring is 1. The molecule has 0 fully saturated rings. The van der Waals surface area contributed by atoms with Gasteiger partial charge in [0.25, 0.3) is 5.91 Å². The fourth-order valence-electron chi connectivity index (χ4n) is 1.31. The molecule has 0 aliphatic carbocycles. The number of benzene rings is 1. The van der Waals surface area contributed by atoms with Crippen molar-refractivity contribution in [3.8, 4) is 0 Å². The molecule has 17 heavy (non-hydrogen) atoms. The summed E-state index contributed by atoms with van der Waals surface area (Å²) in [4.78, 5) is 11.7. The minimum Gasteiger partial charge on any atom is -0.394 e. The van der Waals surface area contributed by atoms with E-state index in [0.29, 0.717) is 0 Å². The molecule has 0 bridgehead atoms. The fourth-order valence-corrected chi connectivity index (χ4v) is 1.90. The Morgan fingerprint density at radius 2 is 2.00 bits per heavy atom. The largest absolute Gasteiger partial charge is 0.394 e. The molecule has 1 rings (SSSR count). The highest BCUT2D eigenvalue weighted by Gasteiger charge is 2.14. The number of anilines is 1. The number of thioether (sulfide) groups is 1. The first-order valence-electron chi connectivity index (χ1n) is 5.00. The summed E-state index contributed by atoms with van der Waals surface area (Å²) in [6.07, 6.45) is 1.91. The van der Waals surface area contributed by atoms with Crippen molar-refractivity contribution >= 4 is 23.4 Å². The van der Waals surface area contributed by atoms with Crippen LogP contribution in [-0.2, 0) is 0 Å². The fraction of sp³-hybridized carbons (Fsp3) is 0.364. The second-order valence-corrected chi connectivity index (χ2v) is 4.59. The predicted octanol–water partition coefficient (Wildman–Crippen LogP) is 2.03. The van der Waals surface area contributed by atoms with Crippen LogP contribution in [0.5, 0.6) is 0 Å². The third-order valence-electron chi connectivity index (χ3n) is 2.14. The molecule has 0 saturated heterocycles. The third-order valence-corrected chi connectivity index (χ3v) is 2.97. The summed E-state index contributed by atoms with van der Waals surface area (Å²) < 4.78 is 26.3. The Hall–Kier alpha value is -1.30. The lowest BCUT2D eigenvalue weighted by Crippen LogP contribution is -2.34. The molecule has 1 unspecified atom stereocenters. The topological polar surface area (TPSA) is 55.1 Å². The summed E-state index contributed by atoms with van der Waals surface area (Å²) in [6.45, 7) is 1.82. The van der Waals surface area contributed by atoms with Gasteiger partial charge < -0.3 is 11.1 Å². The molecule has 1 aromatic carbocycles. The maximum absolute atomic E-state index is 13.1. The summed E-state index contributed by atoms with van der Waals surface area (Å²) in [6, 6.07) is 1.79. The van der Waals surface area contributed by atoms with Crippen LogP contribution in [0.1, 0.15) is 17.3 Å². The van der Waals surface area contributed by atoms with Crippen LogP contribution in [-0.4, -0.2) is 24.0 Å². The van der Waals surface area contributed by atoms with Crippen molar-refractivity contribution in [3.05, 3.63) is 29.3 Å². The monoisotopic (exact) mass is 260 g/mol.